The van der Waals surface area contributed by atoms with Gasteiger partial charge in [-0.15, -0.1) is 0 Å². The molecule has 6 nitrogen and oxygen atoms in total. The van der Waals surface area contributed by atoms with E-state index in [2.05, 4.69) is 20.3 Å². The Balaban J connectivity index is 2.17. The van der Waals surface area contributed by atoms with Crippen LogP contribution in [0, 0.1) is 6.85 Å². The molecular weight excluding hydrogens is 316 g/mol. The highest BCUT2D eigenvalue weighted by Crippen LogP contribution is 2.22. The molecule has 0 atom stereocenters. The molecule has 0 spiro atoms. The lowest BCUT2D eigenvalue weighted by molar-refractivity contribution is 0.0526. The minimum Gasteiger partial charge on any atom is -0.462 e. The predicted molar refractivity (Wildman–Crippen MR) is 95.7 cm³/mol. The van der Waals surface area contributed by atoms with E-state index in [0.29, 0.717) is 11.3 Å². The number of esters is 1. The second-order valence-corrected chi connectivity index (χ2v) is 4.85. The number of ether oxygens (including phenoxy) is 1. The number of carbonyl (C=O) groups excluding carboxylic acids is 1. The van der Waals surface area contributed by atoms with Gasteiger partial charge in [0.2, 0.25) is 5.95 Å². The van der Waals surface area contributed by atoms with E-state index < -0.39 is 42.1 Å². The first-order valence-electron chi connectivity index (χ1n) is 10.5. The summed E-state index contributed by atoms with van der Waals surface area (Å²) < 4.78 is 52.9. The zero-order chi connectivity index (χ0) is 22.8. The number of pyridine rings is 1. The molecule has 25 heavy (non-hydrogen) atoms. The predicted octanol–water partition coefficient (Wildman–Crippen LogP) is 3.77. The molecule has 0 aliphatic heterocycles. The number of hydrogen-bond acceptors (Lipinski definition) is 6. The molecule has 3 rings (SSSR count). The Labute approximate surface area is 154 Å². The smallest absolute Gasteiger partial charge is 0.338 e. The summed E-state index contributed by atoms with van der Waals surface area (Å²) in [5, 5.41) is 2.66. The highest BCUT2D eigenvalue weighted by Gasteiger charge is 2.10. The fourth-order valence-electron chi connectivity index (χ4n) is 2.01. The first-order chi connectivity index (χ1) is 14.6. The summed E-state index contributed by atoms with van der Waals surface area (Å²) in [4.78, 5) is 24.7. The molecule has 0 bridgehead atoms. The lowest BCUT2D eigenvalue weighted by Crippen LogP contribution is -2.06. The maximum absolute atomic E-state index is 12.3. The van der Waals surface area contributed by atoms with E-state index in [1.165, 1.54) is 6.20 Å². The first kappa shape index (κ1) is 10.6. The number of hydrogen-bond donors (Lipinski definition) is 1. The van der Waals surface area contributed by atoms with Crippen LogP contribution in [0.1, 0.15) is 31.1 Å². The van der Waals surface area contributed by atoms with Crippen LogP contribution in [0.5, 0.6) is 0 Å². The third-order valence-corrected chi connectivity index (χ3v) is 3.14. The van der Waals surface area contributed by atoms with Crippen LogP contribution in [0.15, 0.2) is 54.9 Å². The average Bonchev–Trinajstić information content (AvgIpc) is 2.72. The highest BCUT2D eigenvalue weighted by atomic mass is 16.5. The molecule has 6 heteroatoms. The van der Waals surface area contributed by atoms with Crippen molar-refractivity contribution in [3.63, 3.8) is 0 Å². The van der Waals surface area contributed by atoms with Crippen LogP contribution in [0.3, 0.4) is 0 Å². The normalized spacial score (nSPS) is 14.3. The molecule has 2 heterocycles. The van der Waals surface area contributed by atoms with E-state index >= 15 is 0 Å². The summed E-state index contributed by atoms with van der Waals surface area (Å²) >= 11 is 0. The van der Waals surface area contributed by atoms with Crippen molar-refractivity contribution in [2.24, 2.45) is 0 Å². The largest absolute Gasteiger partial charge is 0.462 e. The summed E-state index contributed by atoms with van der Waals surface area (Å²) in [7, 11) is 0. The zero-order valence-corrected chi connectivity index (χ0v) is 13.3. The average molecular weight is 340 g/mol. The van der Waals surface area contributed by atoms with Crippen LogP contribution in [-0.4, -0.2) is 27.5 Å². The van der Waals surface area contributed by atoms with Gasteiger partial charge in [-0.25, -0.2) is 14.8 Å². The van der Waals surface area contributed by atoms with Crippen LogP contribution in [0.2, 0.25) is 0 Å². The molecule has 1 N–H and O–H groups in total. The summed E-state index contributed by atoms with van der Waals surface area (Å²) in [6, 6.07) is 3.15. The molecule has 0 amide bonds. The third-order valence-electron chi connectivity index (χ3n) is 3.14. The van der Waals surface area contributed by atoms with E-state index in [-0.39, 0.29) is 18.2 Å². The minimum absolute atomic E-state index is 0.00883. The number of carbonyl (C=O) groups is 1. The lowest BCUT2D eigenvalue weighted by atomic mass is 10.1. The van der Waals surface area contributed by atoms with Crippen LogP contribution in [0.4, 0.5) is 11.6 Å². The third kappa shape index (κ3) is 3.98. The molecular formula is C19H18N4O2. The first-order valence-corrected chi connectivity index (χ1v) is 7.47. The molecule has 0 radical (unpaired) electrons. The Morgan fingerprint density at radius 3 is 3.04 bits per heavy atom. The number of aromatic nitrogens is 3. The van der Waals surface area contributed by atoms with Gasteiger partial charge in [-0.05, 0) is 49.6 Å². The van der Waals surface area contributed by atoms with Gasteiger partial charge in [0.15, 0.2) is 0 Å². The Bertz CT molecular complexity index is 1120. The van der Waals surface area contributed by atoms with Crippen molar-refractivity contribution in [3.05, 3.63) is 66.0 Å². The van der Waals surface area contributed by atoms with Crippen molar-refractivity contribution in [3.8, 4) is 11.3 Å². The molecule has 0 fully saturated rings. The maximum atomic E-state index is 12.3. The van der Waals surface area contributed by atoms with E-state index in [0.717, 1.165) is 0 Å². The number of nitrogens with zero attached hydrogens (tertiary/aromatic N) is 3. The van der Waals surface area contributed by atoms with Gasteiger partial charge >= 0.3 is 5.97 Å². The monoisotopic (exact) mass is 340 g/mol. The second-order valence-electron chi connectivity index (χ2n) is 4.85. The van der Waals surface area contributed by atoms with Crippen molar-refractivity contribution in [1.29, 1.82) is 0 Å². The van der Waals surface area contributed by atoms with Crippen molar-refractivity contribution in [2.75, 3.05) is 11.9 Å². The van der Waals surface area contributed by atoms with Crippen LogP contribution in [0.25, 0.3) is 11.3 Å². The number of anilines is 2. The van der Waals surface area contributed by atoms with Gasteiger partial charge in [0, 0.05) is 34.0 Å². The van der Waals surface area contributed by atoms with Gasteiger partial charge in [0.25, 0.3) is 0 Å². The van der Waals surface area contributed by atoms with Gasteiger partial charge in [-0.1, -0.05) is 6.04 Å². The second kappa shape index (κ2) is 7.53. The van der Waals surface area contributed by atoms with Gasteiger partial charge in [-0.2, -0.15) is 0 Å². The molecule has 0 saturated carbocycles. The SMILES string of the molecule is [2H]c1c([2H])c(C([2H])([2H])[2H])c(Nc2nccc(-c3cccnc3)n2)c([2H])c1C(=O)OCC. The topological polar surface area (TPSA) is 77.0 Å². The number of rotatable bonds is 5. The van der Waals surface area contributed by atoms with Crippen molar-refractivity contribution < 1.29 is 17.8 Å². The van der Waals surface area contributed by atoms with Crippen LogP contribution in [-0.2, 0) is 4.74 Å². The van der Waals surface area contributed by atoms with Gasteiger partial charge in [0.1, 0.15) is 0 Å². The van der Waals surface area contributed by atoms with Crippen LogP contribution >= 0.6 is 0 Å². The Morgan fingerprint density at radius 1 is 1.36 bits per heavy atom. The van der Waals surface area contributed by atoms with E-state index in [1.54, 1.807) is 37.5 Å². The molecule has 0 aliphatic carbocycles. The van der Waals surface area contributed by atoms with Crippen molar-refractivity contribution >= 4 is 17.6 Å². The highest BCUT2D eigenvalue weighted by molar-refractivity contribution is 5.91. The van der Waals surface area contributed by atoms with E-state index in [9.17, 15) is 4.79 Å². The fourth-order valence-corrected chi connectivity index (χ4v) is 2.01. The fraction of sp³-hybridized carbons (Fsp3) is 0.158. The van der Waals surface area contributed by atoms with Crippen molar-refractivity contribution in [1.82, 2.24) is 15.0 Å². The van der Waals surface area contributed by atoms with E-state index in [4.69, 9.17) is 13.0 Å². The molecule has 0 unspecified atom stereocenters. The maximum Gasteiger partial charge on any atom is 0.338 e. The molecule has 0 aliphatic rings. The molecule has 1 aromatic carbocycles. The van der Waals surface area contributed by atoms with Crippen LogP contribution < -0.4 is 5.32 Å². The van der Waals surface area contributed by atoms with Crippen molar-refractivity contribution in [2.45, 2.75) is 13.8 Å². The van der Waals surface area contributed by atoms with Gasteiger partial charge < -0.3 is 10.1 Å². The molecule has 126 valence electrons. The Morgan fingerprint density at radius 2 is 2.28 bits per heavy atom. The summed E-state index contributed by atoms with van der Waals surface area (Å²) in [5.74, 6) is -1.04. The van der Waals surface area contributed by atoms with Gasteiger partial charge in [-0.3, -0.25) is 4.98 Å². The lowest BCUT2D eigenvalue weighted by Gasteiger charge is -2.11. The molecule has 0 saturated heterocycles. The van der Waals surface area contributed by atoms with Gasteiger partial charge in [0.05, 0.1) is 22.0 Å². The standard InChI is InChI=1S/C19H18N4O2/c1-3-25-18(24)14-7-6-13(2)17(11-14)23-19-21-10-8-16(22-19)15-5-4-9-20-12-15/h4-12H,3H2,1-2H3,(H,21,22,23)/i2D3,6D,7D,11D. The van der Waals surface area contributed by atoms with E-state index in [1.807, 2.05) is 0 Å². The molecule has 3 aromatic rings. The number of nitrogens with one attached hydrogen (secondary N) is 1. The minimum atomic E-state index is -2.83. The Hall–Kier alpha value is -3.28. The molecule has 2 aromatic heterocycles. The number of benzene rings is 1. The summed E-state index contributed by atoms with van der Waals surface area (Å²) in [6.45, 7) is -1.29. The summed E-state index contributed by atoms with van der Waals surface area (Å²) in [5.41, 5.74) is -0.268. The zero-order valence-electron chi connectivity index (χ0n) is 19.3. The summed E-state index contributed by atoms with van der Waals surface area (Å²) in [6.07, 6.45) is 4.63. The quantitative estimate of drug-likeness (QED) is 0.713. The Kier molecular flexibility index (Phi) is 3.18.